The number of carbonyl (C=O) groups excluding carboxylic acids is 2. The van der Waals surface area contributed by atoms with Crippen LogP contribution in [0.3, 0.4) is 0 Å². The Morgan fingerprint density at radius 3 is 2.59 bits per heavy atom. The van der Waals surface area contributed by atoms with Gasteiger partial charge in [0.15, 0.2) is 0 Å². The second-order valence-corrected chi connectivity index (χ2v) is 13.1. The average molecular weight is 517 g/mol. The number of ether oxygens (including phenoxy) is 4. The molecule has 0 aromatic rings. The maximum Gasteiger partial charge on any atom is 0.334 e. The molecule has 3 saturated heterocycles. The highest BCUT2D eigenvalue weighted by molar-refractivity contribution is 5.90. The molecule has 9 nitrogen and oxygen atoms in total. The van der Waals surface area contributed by atoms with Crippen LogP contribution in [0.25, 0.3) is 0 Å². The van der Waals surface area contributed by atoms with Crippen molar-refractivity contribution in [1.29, 1.82) is 0 Å². The fourth-order valence-electron chi connectivity index (χ4n) is 9.49. The van der Waals surface area contributed by atoms with Crippen molar-refractivity contribution < 1.29 is 43.9 Å². The van der Waals surface area contributed by atoms with E-state index in [-0.39, 0.29) is 49.0 Å². The highest BCUT2D eigenvalue weighted by atomic mass is 16.6. The van der Waals surface area contributed by atoms with Crippen LogP contribution in [0.5, 0.6) is 0 Å². The molecule has 7 rings (SSSR count). The Kier molecular flexibility index (Phi) is 4.75. The second-order valence-electron chi connectivity index (χ2n) is 13.1. The third-order valence-corrected chi connectivity index (χ3v) is 10.9. The van der Waals surface area contributed by atoms with Gasteiger partial charge in [-0.3, -0.25) is 4.79 Å². The smallest absolute Gasteiger partial charge is 0.334 e. The minimum absolute atomic E-state index is 0.0251. The molecular weight excluding hydrogens is 480 g/mol. The van der Waals surface area contributed by atoms with E-state index < -0.39 is 58.8 Å². The minimum atomic E-state index is -1.52. The molecule has 7 aliphatic rings. The maximum absolute atomic E-state index is 12.4. The number of aliphatic hydroxyl groups excluding tert-OH is 2. The van der Waals surface area contributed by atoms with Gasteiger partial charge in [0.2, 0.25) is 0 Å². The van der Waals surface area contributed by atoms with Gasteiger partial charge in [-0.1, -0.05) is 13.0 Å². The van der Waals surface area contributed by atoms with Gasteiger partial charge in [-0.05, 0) is 51.2 Å². The van der Waals surface area contributed by atoms with Crippen molar-refractivity contribution in [2.45, 2.75) is 113 Å². The molecule has 0 amide bonds. The van der Waals surface area contributed by atoms with Gasteiger partial charge in [0, 0.05) is 36.2 Å². The second kappa shape index (κ2) is 7.24. The van der Waals surface area contributed by atoms with Crippen LogP contribution in [0.2, 0.25) is 0 Å². The van der Waals surface area contributed by atoms with Crippen LogP contribution in [0.4, 0.5) is 0 Å². The molecule has 2 saturated carbocycles. The Morgan fingerprint density at radius 1 is 1.14 bits per heavy atom. The maximum atomic E-state index is 12.4. The van der Waals surface area contributed by atoms with Crippen molar-refractivity contribution in [3.05, 3.63) is 23.3 Å². The van der Waals surface area contributed by atoms with E-state index >= 15 is 0 Å². The fraction of sp³-hybridized carbons (Fsp3) is 0.786. The lowest BCUT2D eigenvalue weighted by Gasteiger charge is -2.53. The van der Waals surface area contributed by atoms with E-state index in [0.717, 1.165) is 5.57 Å². The van der Waals surface area contributed by atoms with Crippen LogP contribution in [0.1, 0.15) is 59.8 Å². The predicted octanol–water partition coefficient (Wildman–Crippen LogP) is 1.32. The van der Waals surface area contributed by atoms with Crippen LogP contribution in [0, 0.1) is 23.7 Å². The van der Waals surface area contributed by atoms with Gasteiger partial charge < -0.3 is 34.3 Å². The third-order valence-electron chi connectivity index (χ3n) is 10.9. The lowest BCUT2D eigenvalue weighted by molar-refractivity contribution is -0.203. The molecule has 37 heavy (non-hydrogen) atoms. The van der Waals surface area contributed by atoms with E-state index in [4.69, 9.17) is 18.9 Å². The molecular formula is C28H36O9. The summed E-state index contributed by atoms with van der Waals surface area (Å²) in [7, 11) is 0. The molecule has 202 valence electrons. The molecule has 4 aliphatic heterocycles. The molecule has 0 aromatic heterocycles. The van der Waals surface area contributed by atoms with E-state index in [0.29, 0.717) is 18.4 Å². The number of esters is 2. The summed E-state index contributed by atoms with van der Waals surface area (Å²) in [4.78, 5) is 24.5. The molecule has 0 aromatic carbocycles. The molecule has 12 atom stereocenters. The van der Waals surface area contributed by atoms with E-state index in [1.165, 1.54) is 0 Å². The molecule has 3 aliphatic carbocycles. The molecule has 12 unspecified atom stereocenters. The Bertz CT molecular complexity index is 1140. The highest BCUT2D eigenvalue weighted by Crippen LogP contribution is 2.66. The lowest BCUT2D eigenvalue weighted by Crippen LogP contribution is -2.64. The zero-order chi connectivity index (χ0) is 26.3. The van der Waals surface area contributed by atoms with E-state index in [2.05, 4.69) is 6.92 Å². The molecule has 0 radical (unpaired) electrons. The molecule has 2 spiro atoms. The zero-order valence-electron chi connectivity index (χ0n) is 21.7. The van der Waals surface area contributed by atoms with Gasteiger partial charge in [0.1, 0.15) is 29.5 Å². The van der Waals surface area contributed by atoms with Crippen molar-refractivity contribution >= 4 is 11.9 Å². The molecule has 5 fully saturated rings. The monoisotopic (exact) mass is 516 g/mol. The number of carbonyl (C=O) groups is 2. The average Bonchev–Trinajstić information content (AvgIpc) is 3.51. The first-order valence-corrected chi connectivity index (χ1v) is 13.6. The van der Waals surface area contributed by atoms with E-state index in [9.17, 15) is 24.9 Å². The largest absolute Gasteiger partial charge is 0.456 e. The van der Waals surface area contributed by atoms with Crippen LogP contribution < -0.4 is 0 Å². The number of aliphatic hydroxyl groups is 3. The van der Waals surface area contributed by atoms with Gasteiger partial charge in [0.25, 0.3) is 0 Å². The van der Waals surface area contributed by atoms with E-state index in [1.807, 2.05) is 19.9 Å². The van der Waals surface area contributed by atoms with Crippen LogP contribution in [-0.2, 0) is 28.5 Å². The summed E-state index contributed by atoms with van der Waals surface area (Å²) in [5, 5.41) is 35.8. The molecule has 3 N–H and O–H groups in total. The molecule has 9 heteroatoms. The van der Waals surface area contributed by atoms with Gasteiger partial charge in [-0.15, -0.1) is 0 Å². The SMILES string of the molecule is CC1=CC(C2OC34C(=CCC3C2C)C2C(O)CC3C(C)(C)OC5CC(=O)OC53CC2(O)CC4O)OC1=O. The van der Waals surface area contributed by atoms with Crippen molar-refractivity contribution in [3.8, 4) is 0 Å². The third kappa shape index (κ3) is 2.87. The normalized spacial score (nSPS) is 55.3. The molecule has 4 heterocycles. The number of rotatable bonds is 1. The zero-order valence-corrected chi connectivity index (χ0v) is 21.7. The van der Waals surface area contributed by atoms with Crippen LogP contribution in [-0.4, -0.2) is 80.2 Å². The van der Waals surface area contributed by atoms with E-state index in [1.54, 1.807) is 13.0 Å². The number of cyclic esters (lactones) is 1. The predicted molar refractivity (Wildman–Crippen MR) is 127 cm³/mol. The lowest BCUT2D eigenvalue weighted by atomic mass is 9.59. The Labute approximate surface area is 215 Å². The fourth-order valence-corrected chi connectivity index (χ4v) is 9.49. The van der Waals surface area contributed by atoms with Gasteiger partial charge in [-0.2, -0.15) is 0 Å². The standard InChI is InChI=1S/C28H36O9/c1-12-7-17(34-24(12)32)23-13(2)14-5-6-15-22-16(29)8-18-25(3,4)35-20-9-21(31)36-27(18,20)11-26(22,33)10-19(30)28(14,15)37-23/h6-7,13-14,16-20,22-23,29-30,33H,5,8-11H2,1-4H3. The minimum Gasteiger partial charge on any atom is -0.456 e. The number of hydrogen-bond acceptors (Lipinski definition) is 9. The summed E-state index contributed by atoms with van der Waals surface area (Å²) in [5.41, 5.74) is -3.04. The summed E-state index contributed by atoms with van der Waals surface area (Å²) in [6, 6.07) is 0. The summed E-state index contributed by atoms with van der Waals surface area (Å²) < 4.78 is 24.6. The highest BCUT2D eigenvalue weighted by Gasteiger charge is 2.75. The summed E-state index contributed by atoms with van der Waals surface area (Å²) in [5.74, 6) is -1.83. The first-order chi connectivity index (χ1) is 17.3. The number of fused-ring (bicyclic) bond motifs is 2. The van der Waals surface area contributed by atoms with Gasteiger partial charge in [0.05, 0.1) is 29.8 Å². The summed E-state index contributed by atoms with van der Waals surface area (Å²) in [6.07, 6.45) is 1.43. The van der Waals surface area contributed by atoms with Crippen molar-refractivity contribution in [2.75, 3.05) is 0 Å². The Morgan fingerprint density at radius 2 is 1.89 bits per heavy atom. The first kappa shape index (κ1) is 24.3. The van der Waals surface area contributed by atoms with Crippen molar-refractivity contribution in [1.82, 2.24) is 0 Å². The Balaban J connectivity index is 1.28. The number of allylic oxidation sites excluding steroid dienone is 1. The van der Waals surface area contributed by atoms with Gasteiger partial charge >= 0.3 is 11.9 Å². The van der Waals surface area contributed by atoms with Crippen LogP contribution in [0.15, 0.2) is 23.3 Å². The summed E-state index contributed by atoms with van der Waals surface area (Å²) >= 11 is 0. The molecule has 0 bridgehead atoms. The summed E-state index contributed by atoms with van der Waals surface area (Å²) in [6.45, 7) is 7.67. The Hall–Kier alpha value is -1.78. The van der Waals surface area contributed by atoms with Crippen LogP contribution >= 0.6 is 0 Å². The van der Waals surface area contributed by atoms with Crippen molar-refractivity contribution in [2.24, 2.45) is 23.7 Å². The number of hydrogen-bond donors (Lipinski definition) is 3. The first-order valence-electron chi connectivity index (χ1n) is 13.6. The van der Waals surface area contributed by atoms with Gasteiger partial charge in [-0.25, -0.2) is 4.79 Å². The topological polar surface area (TPSA) is 132 Å². The van der Waals surface area contributed by atoms with Crippen molar-refractivity contribution in [3.63, 3.8) is 0 Å². The quantitative estimate of drug-likeness (QED) is 0.349.